The summed E-state index contributed by atoms with van der Waals surface area (Å²) in [6.45, 7) is 2.25. The molecule has 1 fully saturated rings. The lowest BCUT2D eigenvalue weighted by Crippen LogP contribution is -2.51. The third-order valence-corrected chi connectivity index (χ3v) is 5.79. The topological polar surface area (TPSA) is 53.8 Å². The molecule has 5 nitrogen and oxygen atoms in total. The third kappa shape index (κ3) is 2.71. The summed E-state index contributed by atoms with van der Waals surface area (Å²) in [5.74, 6) is 1.19. The Hall–Kier alpha value is -2.21. The number of rotatable bonds is 2. The van der Waals surface area contributed by atoms with Crippen LogP contribution in [-0.2, 0) is 4.79 Å². The lowest BCUT2D eigenvalue weighted by atomic mass is 9.99. The highest BCUT2D eigenvalue weighted by Crippen LogP contribution is 2.40. The number of fused-ring (bicyclic) bond motifs is 1. The molecule has 0 radical (unpaired) electrons. The van der Waals surface area contributed by atoms with Gasteiger partial charge in [0, 0.05) is 36.8 Å². The molecule has 4 rings (SSSR count). The number of hydrogen-bond acceptors (Lipinski definition) is 4. The molecule has 124 valence electrons. The highest BCUT2D eigenvalue weighted by molar-refractivity contribution is 7.99. The van der Waals surface area contributed by atoms with Gasteiger partial charge in [-0.05, 0) is 23.8 Å². The Morgan fingerprint density at radius 2 is 1.75 bits per heavy atom. The molecule has 6 heteroatoms. The zero-order valence-corrected chi connectivity index (χ0v) is 14.0. The monoisotopic (exact) mass is 342 g/mol. The molecule has 2 aliphatic heterocycles. The lowest BCUT2D eigenvalue weighted by molar-refractivity contribution is -0.133. The molecule has 0 bridgehead atoms. The van der Waals surface area contributed by atoms with Gasteiger partial charge in [-0.25, -0.2) is 0 Å². The molecule has 0 saturated carbocycles. The minimum atomic E-state index is -0.103. The summed E-state index contributed by atoms with van der Waals surface area (Å²) >= 11 is 1.75. The van der Waals surface area contributed by atoms with Crippen molar-refractivity contribution in [3.8, 4) is 0 Å². The zero-order chi connectivity index (χ0) is 16.5. The molecule has 1 atom stereocenters. The van der Waals surface area contributed by atoms with Crippen LogP contribution in [0.4, 0.5) is 0 Å². The molecule has 2 aromatic rings. The number of nitrogens with zero attached hydrogens (tertiary/aromatic N) is 2. The van der Waals surface area contributed by atoms with Gasteiger partial charge in [-0.3, -0.25) is 9.59 Å². The van der Waals surface area contributed by atoms with Crippen molar-refractivity contribution in [1.82, 2.24) is 9.80 Å². The third-order valence-electron chi connectivity index (χ3n) is 4.61. The first-order valence-electron chi connectivity index (χ1n) is 8.07. The smallest absolute Gasteiger partial charge is 0.289 e. The second-order valence-electron chi connectivity index (χ2n) is 6.00. The molecule has 0 N–H and O–H groups in total. The number of amides is 2. The molecule has 0 aliphatic carbocycles. The van der Waals surface area contributed by atoms with Crippen molar-refractivity contribution >= 4 is 23.6 Å². The van der Waals surface area contributed by atoms with E-state index in [1.807, 2.05) is 17.0 Å². The van der Waals surface area contributed by atoms with Crippen LogP contribution in [0.5, 0.6) is 0 Å². The van der Waals surface area contributed by atoms with Crippen LogP contribution in [0.15, 0.2) is 52.0 Å². The Morgan fingerprint density at radius 3 is 2.50 bits per heavy atom. The SMILES string of the molecule is O=C(c1ccco1)N1CCN(C(=O)C2CSc3ccccc32)CC1. The number of thioether (sulfide) groups is 1. The van der Waals surface area contributed by atoms with Gasteiger partial charge in [-0.15, -0.1) is 11.8 Å². The molecule has 0 spiro atoms. The lowest BCUT2D eigenvalue weighted by Gasteiger charge is -2.35. The minimum absolute atomic E-state index is 0.0569. The fourth-order valence-electron chi connectivity index (χ4n) is 3.27. The summed E-state index contributed by atoms with van der Waals surface area (Å²) < 4.78 is 5.17. The molecule has 1 unspecified atom stereocenters. The normalized spacial score (nSPS) is 20.1. The van der Waals surface area contributed by atoms with Gasteiger partial charge in [0.2, 0.25) is 5.91 Å². The highest BCUT2D eigenvalue weighted by Gasteiger charge is 2.34. The van der Waals surface area contributed by atoms with Crippen LogP contribution in [0.25, 0.3) is 0 Å². The van der Waals surface area contributed by atoms with E-state index in [4.69, 9.17) is 4.42 Å². The van der Waals surface area contributed by atoms with Gasteiger partial charge in [0.25, 0.3) is 5.91 Å². The van der Waals surface area contributed by atoms with Gasteiger partial charge in [0.1, 0.15) is 0 Å². The van der Waals surface area contributed by atoms with E-state index in [0.717, 1.165) is 11.3 Å². The first kappa shape index (κ1) is 15.3. The number of benzene rings is 1. The van der Waals surface area contributed by atoms with Gasteiger partial charge in [-0.2, -0.15) is 0 Å². The Kier molecular flexibility index (Phi) is 4.06. The highest BCUT2D eigenvalue weighted by atomic mass is 32.2. The van der Waals surface area contributed by atoms with Crippen molar-refractivity contribution < 1.29 is 14.0 Å². The van der Waals surface area contributed by atoms with E-state index in [2.05, 4.69) is 12.1 Å². The first-order valence-corrected chi connectivity index (χ1v) is 9.06. The van der Waals surface area contributed by atoms with Crippen LogP contribution >= 0.6 is 11.8 Å². The molecule has 1 aromatic carbocycles. The number of piperazine rings is 1. The Morgan fingerprint density at radius 1 is 1.00 bits per heavy atom. The maximum absolute atomic E-state index is 12.9. The Labute approximate surface area is 144 Å². The maximum atomic E-state index is 12.9. The summed E-state index contributed by atoms with van der Waals surface area (Å²) in [6.07, 6.45) is 1.50. The van der Waals surface area contributed by atoms with Crippen molar-refractivity contribution in [1.29, 1.82) is 0 Å². The fraction of sp³-hybridized carbons (Fsp3) is 0.333. The minimum Gasteiger partial charge on any atom is -0.459 e. The standard InChI is InChI=1S/C18H18N2O3S/c21-17(14-12-24-16-6-2-1-4-13(14)16)19-7-9-20(10-8-19)18(22)15-5-3-11-23-15/h1-6,11,14H,7-10,12H2. The second kappa shape index (κ2) is 6.36. The number of carbonyl (C=O) groups excluding carboxylic acids is 2. The maximum Gasteiger partial charge on any atom is 0.289 e. The van der Waals surface area contributed by atoms with Crippen LogP contribution < -0.4 is 0 Å². The van der Waals surface area contributed by atoms with Crippen LogP contribution in [0, 0.1) is 0 Å². The first-order chi connectivity index (χ1) is 11.7. The van der Waals surface area contributed by atoms with Crippen LogP contribution in [0.2, 0.25) is 0 Å². The molecule has 3 heterocycles. The largest absolute Gasteiger partial charge is 0.459 e. The van der Waals surface area contributed by atoms with Crippen molar-refractivity contribution in [2.45, 2.75) is 10.8 Å². The van der Waals surface area contributed by atoms with E-state index < -0.39 is 0 Å². The predicted octanol–water partition coefficient (Wildman–Crippen LogP) is 2.45. The van der Waals surface area contributed by atoms with Gasteiger partial charge >= 0.3 is 0 Å². The zero-order valence-electron chi connectivity index (χ0n) is 13.2. The van der Waals surface area contributed by atoms with Gasteiger partial charge in [0.05, 0.1) is 12.2 Å². The number of hydrogen-bond donors (Lipinski definition) is 0. The van der Waals surface area contributed by atoms with E-state index in [-0.39, 0.29) is 17.7 Å². The predicted molar refractivity (Wildman–Crippen MR) is 91.1 cm³/mol. The van der Waals surface area contributed by atoms with Crippen molar-refractivity contribution in [2.75, 3.05) is 31.9 Å². The average molecular weight is 342 g/mol. The Bertz CT molecular complexity index is 751. The van der Waals surface area contributed by atoms with E-state index in [0.29, 0.717) is 31.9 Å². The molecule has 24 heavy (non-hydrogen) atoms. The van der Waals surface area contributed by atoms with Crippen LogP contribution in [-0.4, -0.2) is 53.5 Å². The molecule has 1 saturated heterocycles. The molecule has 2 aliphatic rings. The summed E-state index contributed by atoms with van der Waals surface area (Å²) in [4.78, 5) is 30.0. The van der Waals surface area contributed by atoms with E-state index in [1.165, 1.54) is 11.2 Å². The molecular weight excluding hydrogens is 324 g/mol. The molecule has 2 amide bonds. The number of carbonyl (C=O) groups is 2. The van der Waals surface area contributed by atoms with Gasteiger partial charge in [-0.1, -0.05) is 18.2 Å². The molecular formula is C18H18N2O3S. The quantitative estimate of drug-likeness (QED) is 0.841. The van der Waals surface area contributed by atoms with Crippen LogP contribution in [0.3, 0.4) is 0 Å². The van der Waals surface area contributed by atoms with Crippen molar-refractivity contribution in [3.05, 3.63) is 54.0 Å². The van der Waals surface area contributed by atoms with E-state index in [9.17, 15) is 9.59 Å². The van der Waals surface area contributed by atoms with Crippen LogP contribution in [0.1, 0.15) is 22.0 Å². The summed E-state index contributed by atoms with van der Waals surface area (Å²) in [5, 5.41) is 0. The van der Waals surface area contributed by atoms with Crippen molar-refractivity contribution in [2.24, 2.45) is 0 Å². The summed E-state index contributed by atoms with van der Waals surface area (Å²) in [5.41, 5.74) is 1.14. The summed E-state index contributed by atoms with van der Waals surface area (Å²) in [6, 6.07) is 11.5. The van der Waals surface area contributed by atoms with Gasteiger partial charge < -0.3 is 14.2 Å². The second-order valence-corrected chi connectivity index (χ2v) is 7.06. The number of furan rings is 1. The summed E-state index contributed by atoms with van der Waals surface area (Å²) in [7, 11) is 0. The fourth-order valence-corrected chi connectivity index (χ4v) is 4.49. The van der Waals surface area contributed by atoms with Gasteiger partial charge in [0.15, 0.2) is 5.76 Å². The van der Waals surface area contributed by atoms with E-state index >= 15 is 0 Å². The van der Waals surface area contributed by atoms with E-state index in [1.54, 1.807) is 28.8 Å². The molecule has 1 aromatic heterocycles. The van der Waals surface area contributed by atoms with Crippen molar-refractivity contribution in [3.63, 3.8) is 0 Å². The average Bonchev–Trinajstić information content (AvgIpc) is 3.30. The Balaban J connectivity index is 1.40.